The van der Waals surface area contributed by atoms with Gasteiger partial charge < -0.3 is 179 Å². The first-order valence-corrected chi connectivity index (χ1v) is 25.8. The van der Waals surface area contributed by atoms with Crippen LogP contribution < -0.4 is 5.32 Å². The molecule has 466 valence electrons. The Morgan fingerprint density at radius 2 is 0.375 bits per heavy atom. The molecular formula is C44H75NO35. The number of rotatable bonds is 10. The predicted octanol–water partition coefficient (Wildman–Crippen LogP) is -15.6. The number of nitrogens with one attached hydrogen (secondary N) is 1. The third kappa shape index (κ3) is 13.0. The summed E-state index contributed by atoms with van der Waals surface area (Å²) in [5.74, 6) is 0. The fraction of sp³-hybridized carbons (Fsp3) is 1.00. The van der Waals surface area contributed by atoms with Crippen LogP contribution in [0.1, 0.15) is 0 Å². The van der Waals surface area contributed by atoms with Gasteiger partial charge in [-0.3, -0.25) is 0 Å². The summed E-state index contributed by atoms with van der Waals surface area (Å²) < 4.78 is 80.5. The lowest BCUT2D eigenvalue weighted by Crippen LogP contribution is -2.68. The van der Waals surface area contributed by atoms with Crippen LogP contribution in [0.15, 0.2) is 0 Å². The van der Waals surface area contributed by atoms with Crippen LogP contribution in [-0.2, 0) is 66.3 Å². The average molecular weight is 1180 g/mol. The molecule has 0 radical (unpaired) electrons. The second-order valence-corrected chi connectivity index (χ2v) is 20.4. The molecule has 21 saturated heterocycles. The molecule has 21 rings (SSSR count). The maximum absolute atomic E-state index is 11.6. The molecule has 36 heteroatoms. The summed E-state index contributed by atoms with van der Waals surface area (Å²) in [5, 5.41) is 234. The van der Waals surface area contributed by atoms with Crippen molar-refractivity contribution < 1.29 is 174 Å². The Morgan fingerprint density at radius 3 is 0.537 bits per heavy atom. The summed E-state index contributed by atoms with van der Waals surface area (Å²) in [6.45, 7) is -7.12. The second kappa shape index (κ2) is 27.9. The lowest BCUT2D eigenvalue weighted by molar-refractivity contribution is -0.396. The van der Waals surface area contributed by atoms with Crippen molar-refractivity contribution in [2.45, 2.75) is 215 Å². The van der Waals surface area contributed by atoms with Gasteiger partial charge in [0.1, 0.15) is 171 Å². The largest absolute Gasteiger partial charge is 0.395 e. The molecule has 0 aromatic carbocycles. The Labute approximate surface area is 452 Å². The van der Waals surface area contributed by atoms with E-state index >= 15 is 0 Å². The molecule has 0 aliphatic carbocycles. The van der Waals surface area contributed by atoms with Crippen molar-refractivity contribution in [1.82, 2.24) is 5.32 Å². The maximum atomic E-state index is 11.6. The Bertz CT molecular complexity index is 1880. The smallest absolute Gasteiger partial charge is 0.187 e. The third-order valence-corrected chi connectivity index (χ3v) is 15.2. The lowest BCUT2D eigenvalue weighted by atomic mass is 9.95. The molecule has 0 unspecified atom stereocenters. The standard InChI is InChI=1S/C44H75NO35/c46-2-1-45-3-10-31-17(53)24(60)38(67-10)75-32-11(4-47)69-40(26(62)19(32)55)77-34-13(6-49)71-42(28(64)21(34)57)79-36-15(8-51)73-44(30(66)23(36)59)80-37-16(9-52)72-43(29(65)22(37)58)78-35-14(7-50)70-41(27(63)20(35)56)76-33-12(5-48)68-39(74-31)25(61)18(33)54/h10-66H,1-9H2/t10-,11+,12+,13+,14+,15+,16+,17+,18+,19+,20+,21+,22+,23+,24+,25+,26+,27+,28+,29+,30+,31+,32+,33+,34+,35+,36+,37+,38+,39+,40+,41+,42+,43+,44+/m0/s1. The van der Waals surface area contributed by atoms with Gasteiger partial charge in [0.15, 0.2) is 44.0 Å². The molecule has 0 spiro atoms. The summed E-state index contributed by atoms with van der Waals surface area (Å²) in [5.41, 5.74) is 0. The molecule has 0 aromatic rings. The van der Waals surface area contributed by atoms with Gasteiger partial charge in [0.2, 0.25) is 0 Å². The summed E-state index contributed by atoms with van der Waals surface area (Å²) in [6.07, 6.45) is -69.6. The predicted molar refractivity (Wildman–Crippen MR) is 241 cm³/mol. The van der Waals surface area contributed by atoms with Crippen LogP contribution in [0, 0.1) is 0 Å². The molecule has 21 aliphatic rings. The minimum Gasteiger partial charge on any atom is -0.395 e. The second-order valence-electron chi connectivity index (χ2n) is 20.4. The average Bonchev–Trinajstić information content (AvgIpc) is 3.50. The van der Waals surface area contributed by atoms with Crippen LogP contribution in [0.3, 0.4) is 0 Å². The van der Waals surface area contributed by atoms with Crippen LogP contribution in [0.25, 0.3) is 0 Å². The summed E-state index contributed by atoms with van der Waals surface area (Å²) >= 11 is 0. The Hall–Kier alpha value is -1.44. The number of ether oxygens (including phenoxy) is 14. The summed E-state index contributed by atoms with van der Waals surface area (Å²) in [4.78, 5) is 0. The fourth-order valence-electron chi connectivity index (χ4n) is 10.8. The van der Waals surface area contributed by atoms with Gasteiger partial charge in [-0.15, -0.1) is 0 Å². The van der Waals surface area contributed by atoms with Crippen molar-refractivity contribution in [2.75, 3.05) is 59.3 Å². The van der Waals surface area contributed by atoms with E-state index in [2.05, 4.69) is 5.32 Å². The van der Waals surface area contributed by atoms with E-state index in [1.165, 1.54) is 0 Å². The summed E-state index contributed by atoms with van der Waals surface area (Å²) in [7, 11) is 0. The highest BCUT2D eigenvalue weighted by Gasteiger charge is 2.59. The highest BCUT2D eigenvalue weighted by atomic mass is 16.8. The first kappa shape index (κ1) is 64.6. The van der Waals surface area contributed by atoms with Crippen molar-refractivity contribution in [3.05, 3.63) is 0 Å². The monoisotopic (exact) mass is 1180 g/mol. The molecule has 14 bridgehead atoms. The van der Waals surface area contributed by atoms with Crippen LogP contribution in [0.2, 0.25) is 0 Å². The number of aliphatic hydroxyl groups excluding tert-OH is 21. The maximum Gasteiger partial charge on any atom is 0.187 e. The normalized spacial score (nSPS) is 53.7. The fourth-order valence-corrected chi connectivity index (χ4v) is 10.8. The molecule has 0 saturated carbocycles. The minimum absolute atomic E-state index is 0.0951. The van der Waals surface area contributed by atoms with Crippen LogP contribution in [0.4, 0.5) is 0 Å². The number of hydrogen-bond donors (Lipinski definition) is 22. The Morgan fingerprint density at radius 1 is 0.212 bits per heavy atom. The van der Waals surface area contributed by atoms with Crippen molar-refractivity contribution >= 4 is 0 Å². The molecule has 0 amide bonds. The zero-order chi connectivity index (χ0) is 58.2. The molecule has 36 nitrogen and oxygen atoms in total. The molecule has 21 heterocycles. The first-order valence-electron chi connectivity index (χ1n) is 25.8. The third-order valence-electron chi connectivity index (χ3n) is 15.2. The molecule has 21 fully saturated rings. The van der Waals surface area contributed by atoms with Crippen molar-refractivity contribution in [1.29, 1.82) is 0 Å². The van der Waals surface area contributed by atoms with Crippen molar-refractivity contribution in [3.63, 3.8) is 0 Å². The van der Waals surface area contributed by atoms with Gasteiger partial charge in [-0.25, -0.2) is 0 Å². The van der Waals surface area contributed by atoms with Crippen LogP contribution >= 0.6 is 0 Å². The first-order chi connectivity index (χ1) is 38.2. The molecule has 0 aromatic heterocycles. The van der Waals surface area contributed by atoms with E-state index in [4.69, 9.17) is 66.3 Å². The SMILES string of the molecule is OCCNC[C@@H]1O[C@@H]2O[C@H]3[C@H](O)[C@@H](O)[C@@H](O[C@H]4[C@H](O)[C@@H](O)[C@@H](O[C@H]5[C@H](O)[C@@H](O)[C@@H](O[C@H]6[C@H](O)[C@@H](O)[C@@H](O[C@H]7[C@H](O)[C@@H](O)[C@@H](O[C@H]8[C@H](O)[C@@H](O)[C@@H](O[C@H]1[C@H](O)[C@H]2O)O[C@@H]8CO)O[C@@H]7CO)O[C@@H]6CO)O[C@@H]5CO)O[C@@H]4CO)O[C@@H]3CO. The van der Waals surface area contributed by atoms with Crippen molar-refractivity contribution in [3.8, 4) is 0 Å². The van der Waals surface area contributed by atoms with Gasteiger partial charge in [0.25, 0.3) is 0 Å². The highest BCUT2D eigenvalue weighted by Crippen LogP contribution is 2.39. The van der Waals surface area contributed by atoms with E-state index < -0.39 is 261 Å². The van der Waals surface area contributed by atoms with Crippen LogP contribution in [-0.4, -0.2) is 382 Å². The molecular weight excluding hydrogens is 1100 g/mol. The number of hydrogen-bond acceptors (Lipinski definition) is 36. The number of aliphatic hydroxyl groups is 21. The highest BCUT2D eigenvalue weighted by molar-refractivity contribution is 5.02. The lowest BCUT2D eigenvalue weighted by Gasteiger charge is -2.50. The molecule has 80 heavy (non-hydrogen) atoms. The van der Waals surface area contributed by atoms with E-state index in [0.29, 0.717) is 0 Å². The van der Waals surface area contributed by atoms with E-state index in [-0.39, 0.29) is 13.1 Å². The van der Waals surface area contributed by atoms with Gasteiger partial charge in [0.05, 0.1) is 46.2 Å². The van der Waals surface area contributed by atoms with Gasteiger partial charge in [-0.1, -0.05) is 0 Å². The molecule has 22 N–H and O–H groups in total. The molecule has 21 aliphatic heterocycles. The van der Waals surface area contributed by atoms with E-state index in [1.807, 2.05) is 0 Å². The zero-order valence-corrected chi connectivity index (χ0v) is 42.2. The van der Waals surface area contributed by atoms with Gasteiger partial charge in [0, 0.05) is 13.1 Å². The zero-order valence-electron chi connectivity index (χ0n) is 42.2. The minimum atomic E-state index is -2.21. The van der Waals surface area contributed by atoms with Gasteiger partial charge in [-0.05, 0) is 0 Å². The quantitative estimate of drug-likeness (QED) is 0.0903. The Balaban J connectivity index is 1.09. The van der Waals surface area contributed by atoms with E-state index in [0.717, 1.165) is 0 Å². The van der Waals surface area contributed by atoms with E-state index in [9.17, 15) is 107 Å². The molecule has 35 atom stereocenters. The van der Waals surface area contributed by atoms with Gasteiger partial charge in [-0.2, -0.15) is 0 Å². The summed E-state index contributed by atoms with van der Waals surface area (Å²) in [6, 6.07) is 0. The Kier molecular flexibility index (Phi) is 22.5. The van der Waals surface area contributed by atoms with Gasteiger partial charge >= 0.3 is 0 Å². The van der Waals surface area contributed by atoms with Crippen molar-refractivity contribution in [2.24, 2.45) is 0 Å². The topological polar surface area (TPSA) is 566 Å². The van der Waals surface area contributed by atoms with E-state index in [1.54, 1.807) is 0 Å². The van der Waals surface area contributed by atoms with Crippen LogP contribution in [0.5, 0.6) is 0 Å².